The van der Waals surface area contributed by atoms with Crippen molar-refractivity contribution in [2.75, 3.05) is 0 Å². The lowest BCUT2D eigenvalue weighted by Crippen LogP contribution is -1.94. The summed E-state index contributed by atoms with van der Waals surface area (Å²) in [5.74, 6) is 0. The molecule has 0 atom stereocenters. The number of fused-ring (bicyclic) bond motifs is 1. The van der Waals surface area contributed by atoms with Crippen LogP contribution in [0.2, 0.25) is 0 Å². The topological polar surface area (TPSA) is 38.7 Å². The van der Waals surface area contributed by atoms with Crippen LogP contribution in [-0.4, -0.2) is 15.0 Å². The molecule has 0 amide bonds. The van der Waals surface area contributed by atoms with Crippen LogP contribution in [0.15, 0.2) is 79.3 Å². The quantitative estimate of drug-likeness (QED) is 0.567. The lowest BCUT2D eigenvalue weighted by Gasteiger charge is -2.06. The maximum atomic E-state index is 4.58. The minimum absolute atomic E-state index is 0.800. The highest BCUT2D eigenvalue weighted by atomic mass is 14.7. The molecule has 116 valence electrons. The van der Waals surface area contributed by atoms with Crippen molar-refractivity contribution in [2.45, 2.75) is 12.8 Å². The van der Waals surface area contributed by atoms with Crippen molar-refractivity contribution in [1.29, 1.82) is 0 Å². The van der Waals surface area contributed by atoms with Crippen LogP contribution in [-0.2, 0) is 12.8 Å². The van der Waals surface area contributed by atoms with E-state index in [1.165, 1.54) is 11.1 Å². The van der Waals surface area contributed by atoms with Crippen LogP contribution in [0.25, 0.3) is 10.9 Å². The van der Waals surface area contributed by atoms with E-state index in [1.807, 2.05) is 48.9 Å². The predicted octanol–water partition coefficient (Wildman–Crippen LogP) is 4.21. The molecule has 0 aliphatic carbocycles. The van der Waals surface area contributed by atoms with Gasteiger partial charge in [-0.1, -0.05) is 18.2 Å². The summed E-state index contributed by atoms with van der Waals surface area (Å²) in [6, 6.07) is 20.6. The van der Waals surface area contributed by atoms with Gasteiger partial charge in [0, 0.05) is 48.2 Å². The Morgan fingerprint density at radius 1 is 0.625 bits per heavy atom. The summed E-state index contributed by atoms with van der Waals surface area (Å²) < 4.78 is 0. The summed E-state index contributed by atoms with van der Waals surface area (Å²) in [6.45, 7) is 0. The minimum Gasteiger partial charge on any atom is -0.261 e. The Morgan fingerprint density at radius 2 is 1.29 bits per heavy atom. The van der Waals surface area contributed by atoms with E-state index in [4.69, 9.17) is 0 Å². The van der Waals surface area contributed by atoms with Crippen molar-refractivity contribution in [2.24, 2.45) is 0 Å². The molecule has 1 aromatic carbocycles. The SMILES string of the molecule is c1ccc(Cc2ccc3ncc(Cc4ccccn4)cc3c2)nc1. The lowest BCUT2D eigenvalue weighted by atomic mass is 10.0. The summed E-state index contributed by atoms with van der Waals surface area (Å²) in [4.78, 5) is 13.4. The number of hydrogen-bond donors (Lipinski definition) is 0. The second kappa shape index (κ2) is 6.59. The normalized spacial score (nSPS) is 10.8. The van der Waals surface area contributed by atoms with E-state index in [9.17, 15) is 0 Å². The van der Waals surface area contributed by atoms with Gasteiger partial charge in [-0.25, -0.2) is 0 Å². The number of aromatic nitrogens is 3. The van der Waals surface area contributed by atoms with Crippen LogP contribution < -0.4 is 0 Å². The highest BCUT2D eigenvalue weighted by molar-refractivity contribution is 5.79. The van der Waals surface area contributed by atoms with Crippen molar-refractivity contribution in [3.8, 4) is 0 Å². The van der Waals surface area contributed by atoms with Crippen molar-refractivity contribution >= 4 is 10.9 Å². The van der Waals surface area contributed by atoms with Gasteiger partial charge >= 0.3 is 0 Å². The van der Waals surface area contributed by atoms with Crippen LogP contribution in [0.5, 0.6) is 0 Å². The molecule has 0 radical (unpaired) electrons. The molecule has 0 aliphatic rings. The van der Waals surface area contributed by atoms with Gasteiger partial charge in [-0.3, -0.25) is 15.0 Å². The fraction of sp³-hybridized carbons (Fsp3) is 0.0952. The van der Waals surface area contributed by atoms with Crippen LogP contribution >= 0.6 is 0 Å². The predicted molar refractivity (Wildman–Crippen MR) is 95.8 cm³/mol. The van der Waals surface area contributed by atoms with Gasteiger partial charge in [0.15, 0.2) is 0 Å². The van der Waals surface area contributed by atoms with Gasteiger partial charge in [0.25, 0.3) is 0 Å². The molecule has 24 heavy (non-hydrogen) atoms. The van der Waals surface area contributed by atoms with Gasteiger partial charge in [-0.05, 0) is 53.6 Å². The largest absolute Gasteiger partial charge is 0.261 e. The zero-order chi connectivity index (χ0) is 16.2. The minimum atomic E-state index is 0.800. The molecule has 3 aromatic heterocycles. The molecule has 0 bridgehead atoms. The third-order valence-electron chi connectivity index (χ3n) is 4.03. The Hall–Kier alpha value is -3.07. The first kappa shape index (κ1) is 14.5. The number of hydrogen-bond acceptors (Lipinski definition) is 3. The molecular formula is C21H17N3. The summed E-state index contributed by atoms with van der Waals surface area (Å²) in [5, 5.41) is 1.16. The zero-order valence-corrected chi connectivity index (χ0v) is 13.3. The first-order chi connectivity index (χ1) is 11.9. The molecule has 4 rings (SSSR count). The van der Waals surface area contributed by atoms with Gasteiger partial charge in [0.2, 0.25) is 0 Å². The van der Waals surface area contributed by atoms with Crippen molar-refractivity contribution in [1.82, 2.24) is 15.0 Å². The third-order valence-corrected chi connectivity index (χ3v) is 4.03. The Morgan fingerprint density at radius 3 is 1.96 bits per heavy atom. The van der Waals surface area contributed by atoms with E-state index < -0.39 is 0 Å². The molecule has 0 saturated carbocycles. The standard InChI is InChI=1S/C21H17N3/c1-3-9-22-19(5-1)13-16-7-8-21-18(11-16)12-17(15-24-21)14-20-6-2-4-10-23-20/h1-12,15H,13-14H2. The molecule has 3 heteroatoms. The highest BCUT2D eigenvalue weighted by Gasteiger charge is 2.03. The van der Waals surface area contributed by atoms with Gasteiger partial charge in [0.1, 0.15) is 0 Å². The van der Waals surface area contributed by atoms with E-state index in [2.05, 4.69) is 45.3 Å². The maximum Gasteiger partial charge on any atom is 0.0702 e. The second-order valence-corrected chi connectivity index (χ2v) is 5.87. The van der Waals surface area contributed by atoms with Gasteiger partial charge in [-0.2, -0.15) is 0 Å². The van der Waals surface area contributed by atoms with Crippen molar-refractivity contribution in [3.63, 3.8) is 0 Å². The summed E-state index contributed by atoms with van der Waals surface area (Å²) in [6.07, 6.45) is 7.24. The molecular weight excluding hydrogens is 294 g/mol. The number of pyridine rings is 3. The molecule has 0 unspecified atom stereocenters. The number of rotatable bonds is 4. The molecule has 0 aliphatic heterocycles. The van der Waals surface area contributed by atoms with Gasteiger partial charge in [0.05, 0.1) is 5.52 Å². The highest BCUT2D eigenvalue weighted by Crippen LogP contribution is 2.18. The van der Waals surface area contributed by atoms with E-state index in [0.29, 0.717) is 0 Å². The number of nitrogens with zero attached hydrogens (tertiary/aromatic N) is 3. The fourth-order valence-corrected chi connectivity index (χ4v) is 2.86. The Balaban J connectivity index is 1.63. The average Bonchev–Trinajstić information content (AvgIpc) is 2.63. The molecule has 0 spiro atoms. The van der Waals surface area contributed by atoms with Crippen LogP contribution in [0, 0.1) is 0 Å². The first-order valence-electron chi connectivity index (χ1n) is 8.04. The molecule has 3 nitrogen and oxygen atoms in total. The summed E-state index contributed by atoms with van der Waals surface area (Å²) in [7, 11) is 0. The Bertz CT molecular complexity index is 874. The van der Waals surface area contributed by atoms with E-state index in [-0.39, 0.29) is 0 Å². The lowest BCUT2D eigenvalue weighted by molar-refractivity contribution is 1.06. The third kappa shape index (κ3) is 3.30. The monoisotopic (exact) mass is 311 g/mol. The second-order valence-electron chi connectivity index (χ2n) is 5.87. The van der Waals surface area contributed by atoms with Crippen molar-refractivity contribution in [3.05, 3.63) is 102 Å². The van der Waals surface area contributed by atoms with Crippen LogP contribution in [0.4, 0.5) is 0 Å². The summed E-state index contributed by atoms with van der Waals surface area (Å²) in [5.41, 5.74) is 5.58. The van der Waals surface area contributed by atoms with Crippen molar-refractivity contribution < 1.29 is 0 Å². The summed E-state index contributed by atoms with van der Waals surface area (Å²) >= 11 is 0. The zero-order valence-electron chi connectivity index (χ0n) is 13.3. The Labute approximate surface area is 141 Å². The van der Waals surface area contributed by atoms with Gasteiger partial charge in [-0.15, -0.1) is 0 Å². The Kier molecular flexibility index (Phi) is 3.98. The molecule has 4 aromatic rings. The smallest absolute Gasteiger partial charge is 0.0702 e. The fourth-order valence-electron chi connectivity index (χ4n) is 2.86. The first-order valence-corrected chi connectivity index (χ1v) is 8.04. The van der Waals surface area contributed by atoms with E-state index in [1.54, 1.807) is 0 Å². The van der Waals surface area contributed by atoms with Crippen LogP contribution in [0.3, 0.4) is 0 Å². The number of benzene rings is 1. The van der Waals surface area contributed by atoms with E-state index in [0.717, 1.165) is 35.1 Å². The molecule has 0 fully saturated rings. The van der Waals surface area contributed by atoms with Gasteiger partial charge < -0.3 is 0 Å². The molecule has 0 N–H and O–H groups in total. The average molecular weight is 311 g/mol. The molecule has 0 saturated heterocycles. The van der Waals surface area contributed by atoms with Crippen LogP contribution in [0.1, 0.15) is 22.5 Å². The molecule has 3 heterocycles. The maximum absolute atomic E-state index is 4.58. The van der Waals surface area contributed by atoms with E-state index >= 15 is 0 Å².